The topological polar surface area (TPSA) is 39.7 Å². The third-order valence-corrected chi connectivity index (χ3v) is 7.74. The number of aryl methyl sites for hydroxylation is 1. The Bertz CT molecular complexity index is 626. The maximum absolute atomic E-state index is 13.0. The fourth-order valence-corrected chi connectivity index (χ4v) is 5.80. The molecule has 3 aliphatic rings. The maximum Gasteiger partial charge on any atom is 0.225 e. The molecular weight excluding hydrogens is 368 g/mol. The first-order valence-electron chi connectivity index (χ1n) is 11.3. The molecule has 0 unspecified atom stereocenters. The molecule has 1 aromatic heterocycles. The SMILES string of the molecule is Cc1nc(CN2CCC(C(=O)N3CCN(CC4CCCCC4)CC3)CC2)cs1. The number of thiazole rings is 1. The van der Waals surface area contributed by atoms with Gasteiger partial charge in [0.25, 0.3) is 0 Å². The molecule has 0 atom stereocenters. The van der Waals surface area contributed by atoms with E-state index in [4.69, 9.17) is 0 Å². The molecule has 1 aromatic rings. The second-order valence-corrected chi connectivity index (χ2v) is 10.1. The summed E-state index contributed by atoms with van der Waals surface area (Å²) < 4.78 is 0. The van der Waals surface area contributed by atoms with Crippen LogP contribution < -0.4 is 0 Å². The van der Waals surface area contributed by atoms with Crippen molar-refractivity contribution in [1.82, 2.24) is 19.7 Å². The summed E-state index contributed by atoms with van der Waals surface area (Å²) in [6.07, 6.45) is 9.11. The van der Waals surface area contributed by atoms with Gasteiger partial charge >= 0.3 is 0 Å². The fourth-order valence-electron chi connectivity index (χ4n) is 5.19. The zero-order chi connectivity index (χ0) is 19.3. The summed E-state index contributed by atoms with van der Waals surface area (Å²) in [7, 11) is 0. The largest absolute Gasteiger partial charge is 0.340 e. The van der Waals surface area contributed by atoms with Crippen molar-refractivity contribution >= 4 is 17.2 Å². The predicted molar refractivity (Wildman–Crippen MR) is 114 cm³/mol. The van der Waals surface area contributed by atoms with Gasteiger partial charge in [-0.2, -0.15) is 0 Å². The quantitative estimate of drug-likeness (QED) is 0.754. The van der Waals surface area contributed by atoms with Gasteiger partial charge in [-0.15, -0.1) is 11.3 Å². The van der Waals surface area contributed by atoms with Crippen molar-refractivity contribution < 1.29 is 4.79 Å². The van der Waals surface area contributed by atoms with E-state index < -0.39 is 0 Å². The summed E-state index contributed by atoms with van der Waals surface area (Å²) in [6.45, 7) is 10.3. The highest BCUT2D eigenvalue weighted by Gasteiger charge is 2.31. The smallest absolute Gasteiger partial charge is 0.225 e. The molecule has 28 heavy (non-hydrogen) atoms. The average molecular weight is 405 g/mol. The highest BCUT2D eigenvalue weighted by Crippen LogP contribution is 2.26. The summed E-state index contributed by atoms with van der Waals surface area (Å²) in [5.74, 6) is 1.56. The second-order valence-electron chi connectivity index (χ2n) is 9.04. The van der Waals surface area contributed by atoms with Crippen molar-refractivity contribution in [2.75, 3.05) is 45.8 Å². The van der Waals surface area contributed by atoms with E-state index in [1.807, 2.05) is 0 Å². The molecule has 156 valence electrons. The average Bonchev–Trinajstić information content (AvgIpc) is 3.14. The monoisotopic (exact) mass is 404 g/mol. The molecule has 2 saturated heterocycles. The van der Waals surface area contributed by atoms with Crippen LogP contribution >= 0.6 is 11.3 Å². The third kappa shape index (κ3) is 5.33. The zero-order valence-corrected chi connectivity index (χ0v) is 18.3. The van der Waals surface area contributed by atoms with Gasteiger partial charge in [-0.05, 0) is 51.6 Å². The first-order valence-corrected chi connectivity index (χ1v) is 12.2. The first-order chi connectivity index (χ1) is 13.7. The van der Waals surface area contributed by atoms with Crippen molar-refractivity contribution in [2.24, 2.45) is 11.8 Å². The Balaban J connectivity index is 1.17. The summed E-state index contributed by atoms with van der Waals surface area (Å²) in [5.41, 5.74) is 1.18. The van der Waals surface area contributed by atoms with Gasteiger partial charge in [0.2, 0.25) is 5.91 Å². The van der Waals surface area contributed by atoms with Crippen molar-refractivity contribution in [2.45, 2.75) is 58.4 Å². The van der Waals surface area contributed by atoms with E-state index in [9.17, 15) is 4.79 Å². The van der Waals surface area contributed by atoms with E-state index in [-0.39, 0.29) is 5.92 Å². The highest BCUT2D eigenvalue weighted by molar-refractivity contribution is 7.09. The lowest BCUT2D eigenvalue weighted by atomic mass is 9.89. The van der Waals surface area contributed by atoms with E-state index in [2.05, 4.69) is 32.0 Å². The molecule has 0 radical (unpaired) electrons. The summed E-state index contributed by atoms with van der Waals surface area (Å²) >= 11 is 1.73. The summed E-state index contributed by atoms with van der Waals surface area (Å²) in [6, 6.07) is 0. The number of piperidine rings is 1. The number of aromatic nitrogens is 1. The third-order valence-electron chi connectivity index (χ3n) is 6.91. The number of hydrogen-bond acceptors (Lipinski definition) is 5. The van der Waals surface area contributed by atoms with Crippen LogP contribution in [0.1, 0.15) is 55.6 Å². The number of amides is 1. The van der Waals surface area contributed by atoms with E-state index in [1.54, 1.807) is 11.3 Å². The molecule has 6 heteroatoms. The van der Waals surface area contributed by atoms with Crippen molar-refractivity contribution in [1.29, 1.82) is 0 Å². The molecule has 0 spiro atoms. The van der Waals surface area contributed by atoms with Crippen LogP contribution in [0.15, 0.2) is 5.38 Å². The van der Waals surface area contributed by atoms with Crippen LogP contribution in [0, 0.1) is 18.8 Å². The lowest BCUT2D eigenvalue weighted by molar-refractivity contribution is -0.139. The number of piperazine rings is 1. The van der Waals surface area contributed by atoms with E-state index in [0.717, 1.165) is 69.6 Å². The van der Waals surface area contributed by atoms with Gasteiger partial charge in [-0.1, -0.05) is 19.3 Å². The molecule has 4 rings (SSSR count). The number of nitrogens with zero attached hydrogens (tertiary/aromatic N) is 4. The predicted octanol–water partition coefficient (Wildman–Crippen LogP) is 3.39. The Morgan fingerprint density at radius 1 is 1.00 bits per heavy atom. The first kappa shape index (κ1) is 20.3. The molecule has 3 fully saturated rings. The highest BCUT2D eigenvalue weighted by atomic mass is 32.1. The van der Waals surface area contributed by atoms with Crippen LogP contribution in [0.25, 0.3) is 0 Å². The fraction of sp³-hybridized carbons (Fsp3) is 0.818. The van der Waals surface area contributed by atoms with Crippen LogP contribution in [-0.4, -0.2) is 71.4 Å². The number of carbonyl (C=O) groups excluding carboxylic acids is 1. The molecule has 3 heterocycles. The molecule has 1 aliphatic carbocycles. The number of rotatable bonds is 5. The number of hydrogen-bond donors (Lipinski definition) is 0. The standard InChI is InChI=1S/C22H36N4OS/c1-18-23-21(17-28-18)16-24-9-7-20(8-10-24)22(27)26-13-11-25(12-14-26)15-19-5-3-2-4-6-19/h17,19-20H,2-16H2,1H3. The van der Waals surface area contributed by atoms with Crippen molar-refractivity contribution in [3.63, 3.8) is 0 Å². The Labute approximate surface area is 174 Å². The molecule has 1 amide bonds. The molecule has 5 nitrogen and oxygen atoms in total. The van der Waals surface area contributed by atoms with Gasteiger partial charge in [-0.25, -0.2) is 4.98 Å². The van der Waals surface area contributed by atoms with E-state index in [0.29, 0.717) is 5.91 Å². The molecular formula is C22H36N4OS. The van der Waals surface area contributed by atoms with Gasteiger partial charge in [0.1, 0.15) is 0 Å². The minimum Gasteiger partial charge on any atom is -0.340 e. The van der Waals surface area contributed by atoms with Crippen LogP contribution in [-0.2, 0) is 11.3 Å². The van der Waals surface area contributed by atoms with Crippen molar-refractivity contribution in [3.8, 4) is 0 Å². The number of likely N-dealkylation sites (tertiary alicyclic amines) is 1. The van der Waals surface area contributed by atoms with Gasteiger partial charge < -0.3 is 4.90 Å². The Morgan fingerprint density at radius 3 is 2.36 bits per heavy atom. The van der Waals surface area contributed by atoms with Crippen LogP contribution in [0.3, 0.4) is 0 Å². The lowest BCUT2D eigenvalue weighted by Crippen LogP contribution is -2.52. The molecule has 0 bridgehead atoms. The van der Waals surface area contributed by atoms with E-state index >= 15 is 0 Å². The second kappa shape index (κ2) is 9.68. The molecule has 2 aliphatic heterocycles. The Kier molecular flexibility index (Phi) is 7.02. The minimum atomic E-state index is 0.235. The van der Waals surface area contributed by atoms with Crippen LogP contribution in [0.2, 0.25) is 0 Å². The molecule has 0 N–H and O–H groups in total. The van der Waals surface area contributed by atoms with E-state index in [1.165, 1.54) is 44.3 Å². The summed E-state index contributed by atoms with van der Waals surface area (Å²) in [5, 5.41) is 3.31. The van der Waals surface area contributed by atoms with Crippen LogP contribution in [0.5, 0.6) is 0 Å². The summed E-state index contributed by atoms with van der Waals surface area (Å²) in [4.78, 5) is 24.8. The van der Waals surface area contributed by atoms with Gasteiger partial charge in [0.05, 0.1) is 10.7 Å². The van der Waals surface area contributed by atoms with Crippen LogP contribution in [0.4, 0.5) is 0 Å². The molecule has 0 aromatic carbocycles. The van der Waals surface area contributed by atoms with Gasteiger partial charge in [0.15, 0.2) is 0 Å². The minimum absolute atomic E-state index is 0.235. The lowest BCUT2D eigenvalue weighted by Gasteiger charge is -2.39. The Hall–Kier alpha value is -0.980. The van der Waals surface area contributed by atoms with Crippen molar-refractivity contribution in [3.05, 3.63) is 16.1 Å². The normalized spacial score (nSPS) is 24.0. The maximum atomic E-state index is 13.0. The number of carbonyl (C=O) groups is 1. The van der Waals surface area contributed by atoms with Gasteiger partial charge in [0, 0.05) is 50.6 Å². The zero-order valence-electron chi connectivity index (χ0n) is 17.4. The Morgan fingerprint density at radius 2 is 1.71 bits per heavy atom. The van der Waals surface area contributed by atoms with Gasteiger partial charge in [-0.3, -0.25) is 14.6 Å². The molecule has 1 saturated carbocycles.